The van der Waals surface area contributed by atoms with E-state index in [1.165, 1.54) is 6.07 Å². The van der Waals surface area contributed by atoms with Gasteiger partial charge in [0, 0.05) is 30.8 Å². The molecule has 0 fully saturated rings. The minimum Gasteiger partial charge on any atom is -0.373 e. The molecule has 2 heterocycles. The topological polar surface area (TPSA) is 41.6 Å². The minimum atomic E-state index is -0.172. The highest BCUT2D eigenvalue weighted by atomic mass is 19.1. The molecule has 2 aliphatic rings. The van der Waals surface area contributed by atoms with Gasteiger partial charge in [-0.2, -0.15) is 0 Å². The van der Waals surface area contributed by atoms with Crippen molar-refractivity contribution in [1.82, 2.24) is 0 Å². The predicted octanol–water partition coefficient (Wildman–Crippen LogP) is 5.49. The third-order valence-corrected chi connectivity index (χ3v) is 5.87. The number of amides is 1. The summed E-state index contributed by atoms with van der Waals surface area (Å²) in [5.74, 6) is -0.146. The molecule has 164 valence electrons. The molecule has 0 atom stereocenters. The van der Waals surface area contributed by atoms with E-state index < -0.39 is 0 Å². The molecule has 0 aliphatic carbocycles. The van der Waals surface area contributed by atoms with Gasteiger partial charge in [-0.25, -0.2) is 4.39 Å². The number of carbonyl (C=O) groups is 1. The molecule has 31 heavy (non-hydrogen) atoms. The predicted molar refractivity (Wildman–Crippen MR) is 124 cm³/mol. The van der Waals surface area contributed by atoms with Crippen LogP contribution in [0.1, 0.15) is 49.4 Å². The molecule has 1 amide bonds. The van der Waals surface area contributed by atoms with Gasteiger partial charge in [-0.15, -0.1) is 0 Å². The molecule has 0 saturated heterocycles. The van der Waals surface area contributed by atoms with Gasteiger partial charge in [-0.1, -0.05) is 32.9 Å². The number of hydrogen-bond donors (Lipinski definition) is 1. The Morgan fingerprint density at radius 1 is 1.19 bits per heavy atom. The lowest BCUT2D eigenvalue weighted by Crippen LogP contribution is -2.30. The largest absolute Gasteiger partial charge is 0.373 e. The first-order chi connectivity index (χ1) is 14.7. The number of rotatable bonds is 4. The summed E-state index contributed by atoms with van der Waals surface area (Å²) in [5, 5.41) is 3.17. The molecule has 2 aromatic carbocycles. The monoisotopic (exact) mass is 422 g/mol. The number of fused-ring (bicyclic) bond motifs is 1. The SMILES string of the molecule is Cc1cc(N2CCc3cc(F)ccc3C2)cc(C2=CCOC2)c1NC(=O)CC(C)(C)C. The second-order valence-electron chi connectivity index (χ2n) is 9.80. The fraction of sp³-hybridized carbons (Fsp3) is 0.423. The first kappa shape index (κ1) is 21.6. The van der Waals surface area contributed by atoms with Crippen LogP contribution in [0.25, 0.3) is 5.57 Å². The van der Waals surface area contributed by atoms with Gasteiger partial charge in [0.1, 0.15) is 5.82 Å². The van der Waals surface area contributed by atoms with Gasteiger partial charge >= 0.3 is 0 Å². The Morgan fingerprint density at radius 2 is 2.00 bits per heavy atom. The highest BCUT2D eigenvalue weighted by Gasteiger charge is 2.23. The van der Waals surface area contributed by atoms with Gasteiger partial charge in [0.25, 0.3) is 0 Å². The van der Waals surface area contributed by atoms with E-state index in [4.69, 9.17) is 4.74 Å². The van der Waals surface area contributed by atoms with Crippen molar-refractivity contribution in [2.24, 2.45) is 5.41 Å². The summed E-state index contributed by atoms with van der Waals surface area (Å²) in [5.41, 5.74) is 7.33. The summed E-state index contributed by atoms with van der Waals surface area (Å²) in [7, 11) is 0. The van der Waals surface area contributed by atoms with Gasteiger partial charge in [-0.3, -0.25) is 4.79 Å². The van der Waals surface area contributed by atoms with E-state index in [9.17, 15) is 9.18 Å². The van der Waals surface area contributed by atoms with Gasteiger partial charge < -0.3 is 15.0 Å². The van der Waals surface area contributed by atoms with Crippen molar-refractivity contribution < 1.29 is 13.9 Å². The molecule has 0 aromatic heterocycles. The molecule has 5 heteroatoms. The maximum atomic E-state index is 13.6. The van der Waals surface area contributed by atoms with E-state index in [0.717, 1.165) is 58.7 Å². The van der Waals surface area contributed by atoms with E-state index in [-0.39, 0.29) is 17.1 Å². The van der Waals surface area contributed by atoms with Crippen LogP contribution in [0.4, 0.5) is 15.8 Å². The lowest BCUT2D eigenvalue weighted by atomic mass is 9.91. The number of hydrogen-bond acceptors (Lipinski definition) is 3. The van der Waals surface area contributed by atoms with Gasteiger partial charge in [0.05, 0.1) is 18.9 Å². The molecule has 1 N–H and O–H groups in total. The van der Waals surface area contributed by atoms with Crippen LogP contribution in [-0.4, -0.2) is 25.7 Å². The fourth-order valence-electron chi connectivity index (χ4n) is 4.35. The summed E-state index contributed by atoms with van der Waals surface area (Å²) in [6.07, 6.45) is 3.37. The molecule has 0 bridgehead atoms. The van der Waals surface area contributed by atoms with Crippen molar-refractivity contribution in [1.29, 1.82) is 0 Å². The number of nitrogens with one attached hydrogen (secondary N) is 1. The summed E-state index contributed by atoms with van der Waals surface area (Å²) < 4.78 is 19.2. The van der Waals surface area contributed by atoms with Gasteiger partial charge in [0.2, 0.25) is 5.91 Å². The maximum Gasteiger partial charge on any atom is 0.224 e. The van der Waals surface area contributed by atoms with Crippen LogP contribution in [0.15, 0.2) is 36.4 Å². The molecule has 4 nitrogen and oxygen atoms in total. The summed E-state index contributed by atoms with van der Waals surface area (Å²) in [6, 6.07) is 9.38. The second-order valence-corrected chi connectivity index (χ2v) is 9.80. The van der Waals surface area contributed by atoms with Gasteiger partial charge in [-0.05, 0) is 65.3 Å². The number of benzene rings is 2. The highest BCUT2D eigenvalue weighted by molar-refractivity contribution is 5.96. The van der Waals surface area contributed by atoms with E-state index in [2.05, 4.69) is 49.2 Å². The van der Waals surface area contributed by atoms with E-state index in [1.54, 1.807) is 6.07 Å². The number of nitrogens with zero attached hydrogens (tertiary/aromatic N) is 1. The number of carbonyl (C=O) groups excluding carboxylic acids is 1. The van der Waals surface area contributed by atoms with Crippen LogP contribution in [0.2, 0.25) is 0 Å². The number of halogens is 1. The molecular weight excluding hydrogens is 391 g/mol. The van der Waals surface area contributed by atoms with Crippen LogP contribution in [-0.2, 0) is 22.5 Å². The minimum absolute atomic E-state index is 0.0260. The summed E-state index contributed by atoms with van der Waals surface area (Å²) >= 11 is 0. The van der Waals surface area contributed by atoms with Crippen LogP contribution >= 0.6 is 0 Å². The molecule has 4 rings (SSSR count). The normalized spacial score (nSPS) is 16.2. The van der Waals surface area contributed by atoms with Crippen molar-refractivity contribution in [3.8, 4) is 0 Å². The smallest absolute Gasteiger partial charge is 0.224 e. The first-order valence-corrected chi connectivity index (χ1v) is 10.9. The van der Waals surface area contributed by atoms with Crippen molar-refractivity contribution in [2.45, 2.75) is 47.1 Å². The zero-order valence-electron chi connectivity index (χ0n) is 18.8. The molecule has 0 saturated carbocycles. The maximum absolute atomic E-state index is 13.6. The Labute approximate surface area is 184 Å². The average Bonchev–Trinajstić information content (AvgIpc) is 3.22. The number of anilines is 2. The quantitative estimate of drug-likeness (QED) is 0.709. The summed E-state index contributed by atoms with van der Waals surface area (Å²) in [6.45, 7) is 11.0. The highest BCUT2D eigenvalue weighted by Crippen LogP contribution is 2.36. The van der Waals surface area contributed by atoms with E-state index in [0.29, 0.717) is 19.6 Å². The third-order valence-electron chi connectivity index (χ3n) is 5.87. The molecule has 0 radical (unpaired) electrons. The van der Waals surface area contributed by atoms with E-state index >= 15 is 0 Å². The third kappa shape index (κ3) is 4.99. The molecule has 2 aliphatic heterocycles. The lowest BCUT2D eigenvalue weighted by Gasteiger charge is -2.32. The average molecular weight is 423 g/mol. The Kier molecular flexibility index (Phi) is 5.89. The fourth-order valence-corrected chi connectivity index (χ4v) is 4.35. The Hall–Kier alpha value is -2.66. The zero-order chi connectivity index (χ0) is 22.2. The number of ether oxygens (including phenoxy) is 1. The van der Waals surface area contributed by atoms with Crippen molar-refractivity contribution in [2.75, 3.05) is 30.0 Å². The lowest BCUT2D eigenvalue weighted by molar-refractivity contribution is -0.117. The Bertz CT molecular complexity index is 1040. The zero-order valence-corrected chi connectivity index (χ0v) is 18.8. The van der Waals surface area contributed by atoms with Gasteiger partial charge in [0.15, 0.2) is 0 Å². The molecular formula is C26H31FN2O2. The molecule has 2 aromatic rings. The number of aryl methyl sites for hydroxylation is 1. The Balaban J connectivity index is 1.66. The van der Waals surface area contributed by atoms with Crippen molar-refractivity contribution >= 4 is 22.9 Å². The van der Waals surface area contributed by atoms with Crippen molar-refractivity contribution in [3.05, 3.63) is 64.5 Å². The van der Waals surface area contributed by atoms with Crippen molar-refractivity contribution in [3.63, 3.8) is 0 Å². The molecule has 0 unspecified atom stereocenters. The van der Waals surface area contributed by atoms with E-state index in [1.807, 2.05) is 13.0 Å². The molecule has 0 spiro atoms. The van der Waals surface area contributed by atoms with Crippen LogP contribution in [0, 0.1) is 18.2 Å². The summed E-state index contributed by atoms with van der Waals surface area (Å²) in [4.78, 5) is 15.0. The second kappa shape index (κ2) is 8.46. The van der Waals surface area contributed by atoms with Crippen LogP contribution < -0.4 is 10.2 Å². The first-order valence-electron chi connectivity index (χ1n) is 10.9. The van der Waals surface area contributed by atoms with Crippen LogP contribution in [0.3, 0.4) is 0 Å². The standard InChI is InChI=1S/C26H31FN2O2/c1-17-11-22(29-9-7-18-12-21(27)6-5-19(18)15-29)13-23(20-8-10-31-16-20)25(17)28-24(30)14-26(2,3)4/h5-6,8,11-13H,7,9-10,14-16H2,1-4H3,(H,28,30). The van der Waals surface area contributed by atoms with Crippen LogP contribution in [0.5, 0.6) is 0 Å². The Morgan fingerprint density at radius 3 is 2.71 bits per heavy atom.